The second kappa shape index (κ2) is 4.44. The van der Waals surface area contributed by atoms with Crippen molar-refractivity contribution in [2.45, 2.75) is 24.4 Å². The Kier molecular flexibility index (Phi) is 3.85. The summed E-state index contributed by atoms with van der Waals surface area (Å²) in [5, 5.41) is 27.4. The molecule has 9 heteroatoms. The van der Waals surface area contributed by atoms with Crippen molar-refractivity contribution in [2.24, 2.45) is 0 Å². The molecule has 0 aromatic carbocycles. The van der Waals surface area contributed by atoms with Gasteiger partial charge in [-0.25, -0.2) is 4.57 Å². The number of rotatable bonds is 4. The van der Waals surface area contributed by atoms with Crippen molar-refractivity contribution >= 4 is 7.82 Å². The second-order valence-corrected chi connectivity index (χ2v) is 4.52. The molecular weight excluding hydrogens is 231 g/mol. The van der Waals surface area contributed by atoms with Gasteiger partial charge in [0.15, 0.2) is 0 Å². The summed E-state index contributed by atoms with van der Waals surface area (Å²) in [5.74, 6) is -2.08. The van der Waals surface area contributed by atoms with Gasteiger partial charge in [-0.15, -0.1) is 0 Å². The van der Waals surface area contributed by atoms with E-state index in [0.29, 0.717) is 0 Å². The highest BCUT2D eigenvalue weighted by molar-refractivity contribution is 7.46. The number of phosphoric ester groups is 1. The molecule has 0 aromatic heterocycles. The lowest BCUT2D eigenvalue weighted by Crippen LogP contribution is -2.43. The molecule has 1 fully saturated rings. The van der Waals surface area contributed by atoms with Crippen LogP contribution in [-0.2, 0) is 13.8 Å². The van der Waals surface area contributed by atoms with Gasteiger partial charge in [0.2, 0.25) is 5.79 Å². The Bertz CT molecular complexity index is 264. The van der Waals surface area contributed by atoms with Crippen LogP contribution in [0.3, 0.4) is 0 Å². The molecule has 15 heavy (non-hydrogen) atoms. The van der Waals surface area contributed by atoms with Gasteiger partial charge < -0.3 is 29.8 Å². The Hall–Kier alpha value is -0.0500. The lowest BCUT2D eigenvalue weighted by atomic mass is 10.1. The summed E-state index contributed by atoms with van der Waals surface area (Å²) in [6.45, 7) is -1.27. The van der Waals surface area contributed by atoms with E-state index in [1.165, 1.54) is 0 Å². The topological polar surface area (TPSA) is 137 Å². The van der Waals surface area contributed by atoms with Gasteiger partial charge in [-0.1, -0.05) is 0 Å². The SMILES string of the molecule is O=P(O)(O)OC[C@@H]1C[C@H](O)[C@@](O)(CO)O1. The third-order valence-corrected chi connectivity index (χ3v) is 2.52. The molecule has 1 heterocycles. The molecule has 90 valence electrons. The first-order valence-corrected chi connectivity index (χ1v) is 5.69. The summed E-state index contributed by atoms with van der Waals surface area (Å²) in [4.78, 5) is 16.8. The van der Waals surface area contributed by atoms with Crippen LogP contribution in [0, 0.1) is 0 Å². The van der Waals surface area contributed by atoms with E-state index in [2.05, 4.69) is 4.52 Å². The van der Waals surface area contributed by atoms with Gasteiger partial charge in [0, 0.05) is 6.42 Å². The third kappa shape index (κ3) is 3.47. The maximum Gasteiger partial charge on any atom is 0.469 e. The van der Waals surface area contributed by atoms with Gasteiger partial charge in [-0.05, 0) is 0 Å². The van der Waals surface area contributed by atoms with Crippen molar-refractivity contribution in [3.05, 3.63) is 0 Å². The van der Waals surface area contributed by atoms with Crippen LogP contribution in [0.25, 0.3) is 0 Å². The highest BCUT2D eigenvalue weighted by Gasteiger charge is 2.46. The minimum Gasteiger partial charge on any atom is -0.391 e. The van der Waals surface area contributed by atoms with Gasteiger partial charge in [-0.2, -0.15) is 0 Å². The zero-order valence-electron chi connectivity index (χ0n) is 7.68. The smallest absolute Gasteiger partial charge is 0.391 e. The fourth-order valence-electron chi connectivity index (χ4n) is 1.27. The van der Waals surface area contributed by atoms with Gasteiger partial charge >= 0.3 is 7.82 Å². The van der Waals surface area contributed by atoms with Gasteiger partial charge in [-0.3, -0.25) is 4.52 Å². The van der Waals surface area contributed by atoms with E-state index in [1.807, 2.05) is 0 Å². The Morgan fingerprint density at radius 2 is 2.13 bits per heavy atom. The maximum absolute atomic E-state index is 10.3. The highest BCUT2D eigenvalue weighted by Crippen LogP contribution is 2.38. The number of ether oxygens (including phenoxy) is 1. The summed E-state index contributed by atoms with van der Waals surface area (Å²) < 4.78 is 19.3. The van der Waals surface area contributed by atoms with E-state index in [0.717, 1.165) is 0 Å². The summed E-state index contributed by atoms with van der Waals surface area (Å²) >= 11 is 0. The first kappa shape index (κ1) is 13.0. The molecule has 0 aromatic rings. The monoisotopic (exact) mass is 244 g/mol. The number of phosphoric acid groups is 1. The lowest BCUT2D eigenvalue weighted by Gasteiger charge is -2.23. The number of aliphatic hydroxyl groups excluding tert-OH is 2. The van der Waals surface area contributed by atoms with Gasteiger partial charge in [0.25, 0.3) is 0 Å². The molecular formula is C6H13O8P. The van der Waals surface area contributed by atoms with Crippen LogP contribution in [0.5, 0.6) is 0 Å². The number of hydrogen-bond donors (Lipinski definition) is 5. The summed E-state index contributed by atoms with van der Waals surface area (Å²) in [6.07, 6.45) is -2.26. The van der Waals surface area contributed by atoms with Crippen LogP contribution in [0.4, 0.5) is 0 Å². The average Bonchev–Trinajstić information content (AvgIpc) is 2.39. The molecule has 1 aliphatic heterocycles. The van der Waals surface area contributed by atoms with Gasteiger partial charge in [0.1, 0.15) is 6.10 Å². The molecule has 0 amide bonds. The molecule has 1 aliphatic rings. The Morgan fingerprint density at radius 1 is 1.53 bits per heavy atom. The number of aliphatic hydroxyl groups is 3. The first-order chi connectivity index (χ1) is 6.77. The minimum atomic E-state index is -4.59. The van der Waals surface area contributed by atoms with Crippen LogP contribution >= 0.6 is 7.82 Å². The van der Waals surface area contributed by atoms with Crippen molar-refractivity contribution in [1.82, 2.24) is 0 Å². The zero-order chi connectivity index (χ0) is 11.7. The standard InChI is InChI=1S/C6H13O8P/c7-3-6(9)5(8)1-4(14-6)2-13-15(10,11)12/h4-5,7-9H,1-3H2,(H2,10,11,12)/t4-,5-,6+/m0/s1. The molecule has 1 saturated heterocycles. The molecule has 0 bridgehead atoms. The molecule has 3 atom stereocenters. The van der Waals surface area contributed by atoms with E-state index in [4.69, 9.17) is 19.6 Å². The van der Waals surface area contributed by atoms with Crippen LogP contribution in [0.1, 0.15) is 6.42 Å². The van der Waals surface area contributed by atoms with Crippen LogP contribution in [0.15, 0.2) is 0 Å². The fraction of sp³-hybridized carbons (Fsp3) is 1.00. The number of hydrogen-bond acceptors (Lipinski definition) is 6. The predicted molar refractivity (Wildman–Crippen MR) is 45.5 cm³/mol. The molecule has 0 spiro atoms. The molecule has 1 rings (SSSR count). The largest absolute Gasteiger partial charge is 0.469 e. The molecule has 5 N–H and O–H groups in total. The summed E-state index contributed by atoms with van der Waals surface area (Å²) in [6, 6.07) is 0. The average molecular weight is 244 g/mol. The molecule has 8 nitrogen and oxygen atoms in total. The quantitative estimate of drug-likeness (QED) is 0.355. The Labute approximate surface area is 85.3 Å². The van der Waals surface area contributed by atoms with E-state index in [-0.39, 0.29) is 6.42 Å². The van der Waals surface area contributed by atoms with Crippen LogP contribution in [-0.4, -0.2) is 56.3 Å². The van der Waals surface area contributed by atoms with E-state index < -0.39 is 39.0 Å². The van der Waals surface area contributed by atoms with Gasteiger partial charge in [0.05, 0.1) is 19.3 Å². The maximum atomic E-state index is 10.3. The Balaban J connectivity index is 2.46. The molecule has 0 aliphatic carbocycles. The highest BCUT2D eigenvalue weighted by atomic mass is 31.2. The molecule has 0 saturated carbocycles. The van der Waals surface area contributed by atoms with E-state index in [9.17, 15) is 14.8 Å². The zero-order valence-corrected chi connectivity index (χ0v) is 8.58. The van der Waals surface area contributed by atoms with Crippen molar-refractivity contribution in [3.63, 3.8) is 0 Å². The van der Waals surface area contributed by atoms with E-state index in [1.54, 1.807) is 0 Å². The van der Waals surface area contributed by atoms with Crippen molar-refractivity contribution in [1.29, 1.82) is 0 Å². The van der Waals surface area contributed by atoms with Crippen LogP contribution < -0.4 is 0 Å². The third-order valence-electron chi connectivity index (χ3n) is 2.03. The van der Waals surface area contributed by atoms with Crippen molar-refractivity contribution in [3.8, 4) is 0 Å². The lowest BCUT2D eigenvalue weighted by molar-refractivity contribution is -0.247. The van der Waals surface area contributed by atoms with Crippen molar-refractivity contribution in [2.75, 3.05) is 13.2 Å². The minimum absolute atomic E-state index is 0.0724. The first-order valence-electron chi connectivity index (χ1n) is 4.16. The predicted octanol–water partition coefficient (Wildman–Crippen LogP) is -2.07. The summed E-state index contributed by atoms with van der Waals surface area (Å²) in [7, 11) is -4.59. The summed E-state index contributed by atoms with van der Waals surface area (Å²) in [5.41, 5.74) is 0. The normalized spacial score (nSPS) is 37.1. The van der Waals surface area contributed by atoms with Crippen LogP contribution in [0.2, 0.25) is 0 Å². The Morgan fingerprint density at radius 3 is 2.53 bits per heavy atom. The fourth-order valence-corrected chi connectivity index (χ4v) is 1.63. The van der Waals surface area contributed by atoms with Crippen molar-refractivity contribution < 1.29 is 38.9 Å². The molecule has 0 unspecified atom stereocenters. The van der Waals surface area contributed by atoms with E-state index >= 15 is 0 Å². The molecule has 0 radical (unpaired) electrons. The second-order valence-electron chi connectivity index (χ2n) is 3.28.